The highest BCUT2D eigenvalue weighted by atomic mass is 35.5. The summed E-state index contributed by atoms with van der Waals surface area (Å²) in [5.41, 5.74) is -3.12. The molecule has 1 aromatic carbocycles. The molecule has 0 saturated carbocycles. The number of hydrogen-bond donors (Lipinski definition) is 1. The molecular formula is C22H18Cl2F3N3O4. The van der Waals surface area contributed by atoms with Crippen molar-refractivity contribution in [3.05, 3.63) is 81.2 Å². The maximum Gasteiger partial charge on any atom is 0.422 e. The van der Waals surface area contributed by atoms with E-state index in [1.165, 1.54) is 44.4 Å². The zero-order chi connectivity index (χ0) is 25.1. The predicted molar refractivity (Wildman–Crippen MR) is 117 cm³/mol. The summed E-state index contributed by atoms with van der Waals surface area (Å²) >= 11 is 12.1. The van der Waals surface area contributed by atoms with Crippen LogP contribution in [0, 0.1) is 0 Å². The Morgan fingerprint density at radius 1 is 1.12 bits per heavy atom. The lowest BCUT2D eigenvalue weighted by Gasteiger charge is -2.37. The number of alkyl halides is 3. The summed E-state index contributed by atoms with van der Waals surface area (Å²) in [5, 5.41) is 18.1. The van der Waals surface area contributed by atoms with E-state index in [2.05, 4.69) is 19.9 Å². The summed E-state index contributed by atoms with van der Waals surface area (Å²) in [4.78, 5) is 15.1. The largest absolute Gasteiger partial charge is 0.472 e. The summed E-state index contributed by atoms with van der Waals surface area (Å²) < 4.78 is 52.2. The maximum atomic E-state index is 14.1. The fourth-order valence-electron chi connectivity index (χ4n) is 3.30. The average molecular weight is 516 g/mol. The van der Waals surface area contributed by atoms with Crippen molar-refractivity contribution in [2.24, 2.45) is 0 Å². The average Bonchev–Trinajstić information content (AvgIpc) is 2.81. The van der Waals surface area contributed by atoms with Crippen LogP contribution in [0.4, 0.5) is 13.2 Å². The van der Waals surface area contributed by atoms with Gasteiger partial charge in [0, 0.05) is 23.2 Å². The first-order valence-electron chi connectivity index (χ1n) is 9.71. The van der Waals surface area contributed by atoms with E-state index in [0.717, 1.165) is 18.3 Å². The number of rotatable bonds is 7. The summed E-state index contributed by atoms with van der Waals surface area (Å²) in [5.74, 6) is -2.02. The van der Waals surface area contributed by atoms with Crippen LogP contribution in [0.1, 0.15) is 40.0 Å². The lowest BCUT2D eigenvalue weighted by atomic mass is 9.78. The van der Waals surface area contributed by atoms with E-state index in [9.17, 15) is 23.1 Å². The third-order valence-corrected chi connectivity index (χ3v) is 5.71. The monoisotopic (exact) mass is 515 g/mol. The Kier molecular flexibility index (Phi) is 7.64. The van der Waals surface area contributed by atoms with Gasteiger partial charge in [-0.05, 0) is 41.0 Å². The number of carbonyl (C=O) groups is 1. The Morgan fingerprint density at radius 3 is 2.41 bits per heavy atom. The number of hydrogen-bond acceptors (Lipinski definition) is 7. The van der Waals surface area contributed by atoms with Crippen molar-refractivity contribution >= 4 is 29.2 Å². The van der Waals surface area contributed by atoms with Crippen LogP contribution in [0.15, 0.2) is 48.7 Å². The van der Waals surface area contributed by atoms with E-state index < -0.39 is 29.2 Å². The van der Waals surface area contributed by atoms with Gasteiger partial charge in [-0.25, -0.2) is 9.78 Å². The maximum absolute atomic E-state index is 14.1. The minimum atomic E-state index is -5.03. The quantitative estimate of drug-likeness (QED) is 0.345. The van der Waals surface area contributed by atoms with Crippen molar-refractivity contribution in [2.45, 2.75) is 31.2 Å². The van der Waals surface area contributed by atoms with Crippen molar-refractivity contribution in [3.63, 3.8) is 0 Å². The third kappa shape index (κ3) is 5.24. The highest BCUT2D eigenvalue weighted by Gasteiger charge is 2.59. The molecule has 0 aliphatic heterocycles. The first kappa shape index (κ1) is 25.7. The molecule has 12 heteroatoms. The van der Waals surface area contributed by atoms with Gasteiger partial charge in [0.05, 0.1) is 7.11 Å². The SMILES string of the molecule is COC(=O)c1ccc(OCc2ccc([C@@H](C)[C@@](O)(c3ccnc(Cl)c3)C(F)(F)F)c(Cl)c2)nn1. The summed E-state index contributed by atoms with van der Waals surface area (Å²) in [7, 11) is 1.21. The van der Waals surface area contributed by atoms with Gasteiger partial charge in [-0.15, -0.1) is 10.2 Å². The van der Waals surface area contributed by atoms with Crippen LogP contribution in [0.3, 0.4) is 0 Å². The topological polar surface area (TPSA) is 94.4 Å². The number of aromatic nitrogens is 3. The molecule has 0 bridgehead atoms. The number of aliphatic hydroxyl groups is 1. The Labute approximate surface area is 202 Å². The standard InChI is InChI=1S/C22H18Cl2F3N3O4/c1-12(21(32,22(25,26)27)14-7-8-28-18(24)10-14)15-4-3-13(9-16(15)23)11-34-19-6-5-17(29-30-19)20(31)33-2/h3-10,12,32H,11H2,1-2H3/t12-,21-/m1/s1. The number of carbonyl (C=O) groups excluding carboxylic acids is 1. The van der Waals surface area contributed by atoms with Crippen LogP contribution in [0.25, 0.3) is 0 Å². The second-order valence-electron chi connectivity index (χ2n) is 7.25. The van der Waals surface area contributed by atoms with Crippen LogP contribution in [-0.4, -0.2) is 39.5 Å². The van der Waals surface area contributed by atoms with Gasteiger partial charge in [-0.1, -0.05) is 42.3 Å². The van der Waals surface area contributed by atoms with Gasteiger partial charge in [-0.3, -0.25) is 0 Å². The van der Waals surface area contributed by atoms with Crippen molar-refractivity contribution in [2.75, 3.05) is 7.11 Å². The van der Waals surface area contributed by atoms with Gasteiger partial charge in [0.25, 0.3) is 0 Å². The normalized spacial score (nSPS) is 14.2. The molecule has 0 amide bonds. The second kappa shape index (κ2) is 10.1. The number of methoxy groups -OCH3 is 1. The van der Waals surface area contributed by atoms with Gasteiger partial charge in [0.1, 0.15) is 11.8 Å². The van der Waals surface area contributed by atoms with E-state index in [1.54, 1.807) is 0 Å². The number of halogens is 5. The zero-order valence-corrected chi connectivity index (χ0v) is 19.3. The van der Waals surface area contributed by atoms with Crippen molar-refractivity contribution in [1.82, 2.24) is 15.2 Å². The molecule has 180 valence electrons. The molecule has 3 aromatic rings. The summed E-state index contributed by atoms with van der Waals surface area (Å²) in [6, 6.07) is 9.14. The number of ether oxygens (including phenoxy) is 2. The summed E-state index contributed by atoms with van der Waals surface area (Å²) in [6.45, 7) is 1.20. The molecular weight excluding hydrogens is 498 g/mol. The first-order valence-corrected chi connectivity index (χ1v) is 10.5. The van der Waals surface area contributed by atoms with Gasteiger partial charge >= 0.3 is 12.1 Å². The van der Waals surface area contributed by atoms with Gasteiger partial charge in [0.2, 0.25) is 5.88 Å². The molecule has 34 heavy (non-hydrogen) atoms. The number of pyridine rings is 1. The molecule has 2 aromatic heterocycles. The fraction of sp³-hybridized carbons (Fsp3) is 0.273. The van der Waals surface area contributed by atoms with Crippen LogP contribution < -0.4 is 4.74 Å². The van der Waals surface area contributed by atoms with E-state index in [4.69, 9.17) is 27.9 Å². The minimum absolute atomic E-state index is 0.00329. The predicted octanol–water partition coefficient (Wildman–Crippen LogP) is 5.10. The summed E-state index contributed by atoms with van der Waals surface area (Å²) in [6.07, 6.45) is -3.94. The molecule has 2 atom stereocenters. The van der Waals surface area contributed by atoms with Crippen molar-refractivity contribution < 1.29 is 32.5 Å². The highest BCUT2D eigenvalue weighted by Crippen LogP contribution is 2.50. The Hall–Kier alpha value is -2.95. The van der Waals surface area contributed by atoms with E-state index in [-0.39, 0.29) is 33.9 Å². The molecule has 2 heterocycles. The van der Waals surface area contributed by atoms with Gasteiger partial charge < -0.3 is 14.6 Å². The van der Waals surface area contributed by atoms with E-state index >= 15 is 0 Å². The molecule has 0 aliphatic rings. The molecule has 0 radical (unpaired) electrons. The van der Waals surface area contributed by atoms with Gasteiger partial charge in [0.15, 0.2) is 11.3 Å². The lowest BCUT2D eigenvalue weighted by Crippen LogP contribution is -2.46. The van der Waals surface area contributed by atoms with Crippen LogP contribution >= 0.6 is 23.2 Å². The Morgan fingerprint density at radius 2 is 1.85 bits per heavy atom. The molecule has 0 unspecified atom stereocenters. The van der Waals surface area contributed by atoms with Gasteiger partial charge in [-0.2, -0.15) is 13.2 Å². The number of nitrogens with zero attached hydrogens (tertiary/aromatic N) is 3. The second-order valence-corrected chi connectivity index (χ2v) is 8.04. The molecule has 0 fully saturated rings. The lowest BCUT2D eigenvalue weighted by molar-refractivity contribution is -0.274. The van der Waals surface area contributed by atoms with Crippen LogP contribution in [-0.2, 0) is 16.9 Å². The van der Waals surface area contributed by atoms with E-state index in [1.807, 2.05) is 0 Å². The zero-order valence-electron chi connectivity index (χ0n) is 17.8. The first-order chi connectivity index (χ1) is 16.0. The molecule has 0 spiro atoms. The highest BCUT2D eigenvalue weighted by molar-refractivity contribution is 6.31. The molecule has 3 rings (SSSR count). The number of esters is 1. The number of benzene rings is 1. The molecule has 0 aliphatic carbocycles. The van der Waals surface area contributed by atoms with E-state index in [0.29, 0.717) is 5.56 Å². The van der Waals surface area contributed by atoms with Crippen LogP contribution in [0.5, 0.6) is 5.88 Å². The molecule has 1 N–H and O–H groups in total. The Balaban J connectivity index is 1.82. The Bertz CT molecular complexity index is 1180. The van der Waals surface area contributed by atoms with Crippen molar-refractivity contribution in [3.8, 4) is 5.88 Å². The third-order valence-electron chi connectivity index (χ3n) is 5.18. The smallest absolute Gasteiger partial charge is 0.422 e. The molecule has 0 saturated heterocycles. The molecule has 7 nitrogen and oxygen atoms in total. The van der Waals surface area contributed by atoms with Crippen LogP contribution in [0.2, 0.25) is 10.2 Å². The fourth-order valence-corrected chi connectivity index (χ4v) is 3.84. The minimum Gasteiger partial charge on any atom is -0.472 e. The van der Waals surface area contributed by atoms with Crippen molar-refractivity contribution in [1.29, 1.82) is 0 Å².